The van der Waals surface area contributed by atoms with Gasteiger partial charge in [-0.3, -0.25) is 4.98 Å². The minimum absolute atomic E-state index is 0.551. The molecule has 0 bridgehead atoms. The number of hydrogen-bond donors (Lipinski definition) is 1. The van der Waals surface area contributed by atoms with Crippen LogP contribution in [0.25, 0.3) is 10.9 Å². The highest BCUT2D eigenvalue weighted by Crippen LogP contribution is 2.25. The fraction of sp³-hybridized carbons (Fsp3) is 0.308. The first-order chi connectivity index (χ1) is 7.43. The second kappa shape index (κ2) is 3.63. The van der Waals surface area contributed by atoms with Crippen molar-refractivity contribution in [1.29, 1.82) is 0 Å². The van der Waals surface area contributed by atoms with Crippen LogP contribution in [0, 0.1) is 0 Å². The van der Waals surface area contributed by atoms with E-state index < -0.39 is 0 Å². The third-order valence-corrected chi connectivity index (χ3v) is 3.09. The first kappa shape index (κ1) is 8.86. The molecule has 76 valence electrons. The summed E-state index contributed by atoms with van der Waals surface area (Å²) >= 11 is 0. The van der Waals surface area contributed by atoms with E-state index in [9.17, 15) is 0 Å². The molecule has 0 saturated carbocycles. The summed E-state index contributed by atoms with van der Waals surface area (Å²) in [5.74, 6) is 0. The molecule has 3 rings (SSSR count). The molecule has 2 nitrogen and oxygen atoms in total. The number of aromatic nitrogens is 1. The Bertz CT molecular complexity index is 473. The highest BCUT2D eigenvalue weighted by atomic mass is 14.9. The summed E-state index contributed by atoms with van der Waals surface area (Å²) in [5.41, 5.74) is 2.48. The van der Waals surface area contributed by atoms with E-state index in [2.05, 4.69) is 34.6 Å². The highest BCUT2D eigenvalue weighted by Gasteiger charge is 2.15. The second-order valence-corrected chi connectivity index (χ2v) is 4.10. The maximum atomic E-state index is 4.33. The molecule has 2 heterocycles. The van der Waals surface area contributed by atoms with E-state index in [1.165, 1.54) is 23.8 Å². The molecule has 1 aliphatic heterocycles. The van der Waals surface area contributed by atoms with Gasteiger partial charge in [-0.2, -0.15) is 0 Å². The molecule has 1 aromatic heterocycles. The van der Waals surface area contributed by atoms with Crippen molar-refractivity contribution in [3.63, 3.8) is 0 Å². The Balaban J connectivity index is 2.05. The molecule has 0 aliphatic carbocycles. The van der Waals surface area contributed by atoms with Gasteiger partial charge >= 0.3 is 0 Å². The lowest BCUT2D eigenvalue weighted by Gasteiger charge is -2.10. The number of hydrogen-bond acceptors (Lipinski definition) is 2. The Hall–Kier alpha value is -1.41. The van der Waals surface area contributed by atoms with Crippen LogP contribution >= 0.6 is 0 Å². The summed E-state index contributed by atoms with van der Waals surface area (Å²) in [5, 5.41) is 4.76. The number of fused-ring (bicyclic) bond motifs is 1. The van der Waals surface area contributed by atoms with Crippen molar-refractivity contribution >= 4 is 10.9 Å². The summed E-state index contributed by atoms with van der Waals surface area (Å²) in [4.78, 5) is 4.33. The molecule has 0 radical (unpaired) electrons. The Morgan fingerprint density at radius 1 is 1.27 bits per heavy atom. The van der Waals surface area contributed by atoms with Gasteiger partial charge in [0.25, 0.3) is 0 Å². The second-order valence-electron chi connectivity index (χ2n) is 4.10. The summed E-state index contributed by atoms with van der Waals surface area (Å²) < 4.78 is 0. The van der Waals surface area contributed by atoms with E-state index in [1.807, 2.05) is 12.3 Å². The third kappa shape index (κ3) is 1.61. The summed E-state index contributed by atoms with van der Waals surface area (Å²) in [6.07, 6.45) is 4.39. The first-order valence-electron chi connectivity index (χ1n) is 5.51. The average molecular weight is 198 g/mol. The van der Waals surface area contributed by atoms with Gasteiger partial charge in [-0.25, -0.2) is 0 Å². The maximum Gasteiger partial charge on any atom is 0.0702 e. The lowest BCUT2D eigenvalue weighted by Crippen LogP contribution is -2.12. The monoisotopic (exact) mass is 198 g/mol. The number of rotatable bonds is 1. The van der Waals surface area contributed by atoms with E-state index in [4.69, 9.17) is 0 Å². The fourth-order valence-corrected chi connectivity index (χ4v) is 2.28. The first-order valence-corrected chi connectivity index (χ1v) is 5.51. The summed E-state index contributed by atoms with van der Waals surface area (Å²) in [6, 6.07) is 11.2. The molecule has 2 heteroatoms. The topological polar surface area (TPSA) is 24.9 Å². The van der Waals surface area contributed by atoms with Gasteiger partial charge in [0.05, 0.1) is 5.52 Å². The van der Waals surface area contributed by atoms with Crippen molar-refractivity contribution in [2.75, 3.05) is 6.54 Å². The predicted octanol–water partition coefficient (Wildman–Crippen LogP) is 2.66. The summed E-state index contributed by atoms with van der Waals surface area (Å²) in [6.45, 7) is 1.15. The molecule has 2 aromatic rings. The van der Waals surface area contributed by atoms with Crippen molar-refractivity contribution < 1.29 is 0 Å². The Morgan fingerprint density at radius 3 is 3.13 bits per heavy atom. The Labute approximate surface area is 89.3 Å². The van der Waals surface area contributed by atoms with Gasteiger partial charge in [0.15, 0.2) is 0 Å². The zero-order valence-electron chi connectivity index (χ0n) is 8.61. The van der Waals surface area contributed by atoms with Crippen molar-refractivity contribution in [2.45, 2.75) is 18.9 Å². The standard InChI is InChI=1S/C13H14N2/c1-3-10-9-11(12-4-2-8-14-12)5-6-13(10)15-7-1/h1,3,5-7,9,12,14H,2,4,8H2/t12-/m1/s1. The van der Waals surface area contributed by atoms with Crippen molar-refractivity contribution in [3.05, 3.63) is 42.1 Å². The highest BCUT2D eigenvalue weighted by molar-refractivity contribution is 5.79. The molecule has 0 spiro atoms. The number of nitrogens with zero attached hydrogens (tertiary/aromatic N) is 1. The molecular weight excluding hydrogens is 184 g/mol. The third-order valence-electron chi connectivity index (χ3n) is 3.09. The number of nitrogens with one attached hydrogen (secondary N) is 1. The van der Waals surface area contributed by atoms with E-state index in [1.54, 1.807) is 0 Å². The number of benzene rings is 1. The van der Waals surface area contributed by atoms with Gasteiger partial charge in [0.1, 0.15) is 0 Å². The zero-order valence-corrected chi connectivity index (χ0v) is 8.61. The van der Waals surface area contributed by atoms with E-state index >= 15 is 0 Å². The lowest BCUT2D eigenvalue weighted by molar-refractivity contribution is 0.648. The normalized spacial score (nSPS) is 20.9. The maximum absolute atomic E-state index is 4.33. The van der Waals surface area contributed by atoms with Crippen LogP contribution in [0.2, 0.25) is 0 Å². The molecule has 1 atom stereocenters. The van der Waals surface area contributed by atoms with Gasteiger partial charge in [0.2, 0.25) is 0 Å². The van der Waals surface area contributed by atoms with E-state index in [0.717, 1.165) is 12.1 Å². The molecule has 15 heavy (non-hydrogen) atoms. The van der Waals surface area contributed by atoms with Crippen LogP contribution in [0.15, 0.2) is 36.5 Å². The molecule has 0 unspecified atom stereocenters. The molecule has 1 aromatic carbocycles. The molecule has 0 amide bonds. The van der Waals surface area contributed by atoms with E-state index in [-0.39, 0.29) is 0 Å². The van der Waals surface area contributed by atoms with Gasteiger partial charge < -0.3 is 5.32 Å². The largest absolute Gasteiger partial charge is 0.310 e. The molecule has 1 saturated heterocycles. The minimum atomic E-state index is 0.551. The Morgan fingerprint density at radius 2 is 2.27 bits per heavy atom. The van der Waals surface area contributed by atoms with Crippen LogP contribution in [0.4, 0.5) is 0 Å². The van der Waals surface area contributed by atoms with Crippen molar-refractivity contribution in [2.24, 2.45) is 0 Å². The summed E-state index contributed by atoms with van der Waals surface area (Å²) in [7, 11) is 0. The van der Waals surface area contributed by atoms with Crippen LogP contribution in [-0.2, 0) is 0 Å². The molecule has 1 aliphatic rings. The average Bonchev–Trinajstić information content (AvgIpc) is 2.82. The smallest absolute Gasteiger partial charge is 0.0702 e. The molecule has 1 N–H and O–H groups in total. The van der Waals surface area contributed by atoms with Crippen LogP contribution in [0.5, 0.6) is 0 Å². The Kier molecular flexibility index (Phi) is 2.14. The van der Waals surface area contributed by atoms with Gasteiger partial charge in [-0.05, 0) is 43.1 Å². The van der Waals surface area contributed by atoms with E-state index in [0.29, 0.717) is 6.04 Å². The SMILES string of the molecule is c1cnc2ccc([C@H]3CCCN3)cc2c1. The predicted molar refractivity (Wildman–Crippen MR) is 61.7 cm³/mol. The number of pyridine rings is 1. The molecule has 1 fully saturated rings. The fourth-order valence-electron chi connectivity index (χ4n) is 2.28. The zero-order chi connectivity index (χ0) is 10.1. The van der Waals surface area contributed by atoms with Gasteiger partial charge in [0, 0.05) is 17.6 Å². The molecular formula is C13H14N2. The minimum Gasteiger partial charge on any atom is -0.310 e. The van der Waals surface area contributed by atoms with Crippen molar-refractivity contribution in [1.82, 2.24) is 10.3 Å². The van der Waals surface area contributed by atoms with Crippen LogP contribution in [0.1, 0.15) is 24.4 Å². The van der Waals surface area contributed by atoms with Crippen LogP contribution in [0.3, 0.4) is 0 Å². The van der Waals surface area contributed by atoms with Crippen LogP contribution in [-0.4, -0.2) is 11.5 Å². The quantitative estimate of drug-likeness (QED) is 0.762. The van der Waals surface area contributed by atoms with Gasteiger partial charge in [-0.1, -0.05) is 12.1 Å². The van der Waals surface area contributed by atoms with Crippen molar-refractivity contribution in [3.8, 4) is 0 Å². The lowest BCUT2D eigenvalue weighted by atomic mass is 10.0. The van der Waals surface area contributed by atoms with Gasteiger partial charge in [-0.15, -0.1) is 0 Å². The van der Waals surface area contributed by atoms with Crippen LogP contribution < -0.4 is 5.32 Å².